The van der Waals surface area contributed by atoms with E-state index in [1.54, 1.807) is 14.0 Å². The summed E-state index contributed by atoms with van der Waals surface area (Å²) < 4.78 is 10.7. The van der Waals surface area contributed by atoms with Crippen LogP contribution in [0.25, 0.3) is 10.8 Å². The predicted octanol–water partition coefficient (Wildman–Crippen LogP) is 4.59. The van der Waals surface area contributed by atoms with Gasteiger partial charge in [0.1, 0.15) is 11.5 Å². The van der Waals surface area contributed by atoms with Crippen molar-refractivity contribution in [2.24, 2.45) is 10.9 Å². The zero-order valence-electron chi connectivity index (χ0n) is 17.0. The number of allylic oxidation sites excluding steroid dienone is 1. The van der Waals surface area contributed by atoms with Crippen molar-refractivity contribution >= 4 is 28.2 Å². The van der Waals surface area contributed by atoms with Crippen LogP contribution in [0.1, 0.15) is 44.6 Å². The molecule has 0 radical (unpaired) electrons. The summed E-state index contributed by atoms with van der Waals surface area (Å²) in [6.07, 6.45) is 2.14. The van der Waals surface area contributed by atoms with Gasteiger partial charge in [0.2, 0.25) is 0 Å². The summed E-state index contributed by atoms with van der Waals surface area (Å²) in [5, 5.41) is 2.09. The molecule has 0 bridgehead atoms. The smallest absolute Gasteiger partial charge is 0.336 e. The lowest BCUT2D eigenvalue weighted by atomic mass is 9.69. The van der Waals surface area contributed by atoms with Crippen molar-refractivity contribution in [1.29, 1.82) is 0 Å². The molecule has 2 atom stereocenters. The van der Waals surface area contributed by atoms with E-state index in [1.165, 1.54) is 0 Å². The number of fused-ring (bicyclic) bond motifs is 2. The van der Waals surface area contributed by atoms with Crippen LogP contribution < -0.4 is 4.74 Å². The molecule has 1 heterocycles. The van der Waals surface area contributed by atoms with E-state index in [1.807, 2.05) is 37.3 Å². The predicted molar refractivity (Wildman–Crippen MR) is 112 cm³/mol. The maximum atomic E-state index is 12.9. The summed E-state index contributed by atoms with van der Waals surface area (Å²) >= 11 is 0. The van der Waals surface area contributed by atoms with Gasteiger partial charge in [-0.3, -0.25) is 9.79 Å². The molecule has 150 valence electrons. The van der Waals surface area contributed by atoms with Gasteiger partial charge in [-0.25, -0.2) is 4.79 Å². The van der Waals surface area contributed by atoms with Crippen LogP contribution >= 0.6 is 0 Å². The van der Waals surface area contributed by atoms with E-state index in [9.17, 15) is 9.59 Å². The highest BCUT2D eigenvalue weighted by molar-refractivity contribution is 6.11. The van der Waals surface area contributed by atoms with Gasteiger partial charge < -0.3 is 9.47 Å². The number of nitrogens with zero attached hydrogens (tertiary/aromatic N) is 1. The summed E-state index contributed by atoms with van der Waals surface area (Å²) in [5.74, 6) is -0.179. The highest BCUT2D eigenvalue weighted by Gasteiger charge is 2.43. The monoisotopic (exact) mass is 391 g/mol. The third-order valence-corrected chi connectivity index (χ3v) is 5.83. The second-order valence-electron chi connectivity index (χ2n) is 7.57. The molecule has 1 aliphatic heterocycles. The van der Waals surface area contributed by atoms with Gasteiger partial charge in [-0.05, 0) is 55.2 Å². The number of esters is 1. The highest BCUT2D eigenvalue weighted by Crippen LogP contribution is 2.43. The van der Waals surface area contributed by atoms with Crippen LogP contribution in [0.5, 0.6) is 5.75 Å². The zero-order valence-corrected chi connectivity index (χ0v) is 17.0. The van der Waals surface area contributed by atoms with Gasteiger partial charge in [0, 0.05) is 23.7 Å². The molecular formula is C24H25NO4. The molecule has 1 fully saturated rings. The van der Waals surface area contributed by atoms with Crippen LogP contribution in [0.15, 0.2) is 52.7 Å². The molecule has 5 heteroatoms. The third-order valence-electron chi connectivity index (χ3n) is 5.83. The lowest BCUT2D eigenvalue weighted by molar-refractivity contribution is -0.139. The molecule has 2 aliphatic rings. The van der Waals surface area contributed by atoms with E-state index in [4.69, 9.17) is 9.47 Å². The molecule has 2 aromatic carbocycles. The average molecular weight is 391 g/mol. The Morgan fingerprint density at radius 3 is 2.62 bits per heavy atom. The Morgan fingerprint density at radius 2 is 1.86 bits per heavy atom. The number of hydrogen-bond acceptors (Lipinski definition) is 5. The Bertz CT molecular complexity index is 1050. The van der Waals surface area contributed by atoms with Crippen molar-refractivity contribution in [3.8, 4) is 5.75 Å². The maximum absolute atomic E-state index is 12.9. The van der Waals surface area contributed by atoms with Crippen LogP contribution in [0.4, 0.5) is 0 Å². The van der Waals surface area contributed by atoms with Crippen LogP contribution in [-0.4, -0.2) is 31.2 Å². The lowest BCUT2D eigenvalue weighted by Crippen LogP contribution is -2.39. The molecule has 2 unspecified atom stereocenters. The fourth-order valence-electron chi connectivity index (χ4n) is 4.52. The lowest BCUT2D eigenvalue weighted by Gasteiger charge is -2.35. The minimum absolute atomic E-state index is 0.157. The second kappa shape index (κ2) is 7.82. The minimum Gasteiger partial charge on any atom is -0.497 e. The SMILES string of the molecule is CCOC(=O)C1=C(C)N=C2CCCC(=O)C2C1c1ccc2cc(OC)ccc2c1. The zero-order chi connectivity index (χ0) is 20.5. The summed E-state index contributed by atoms with van der Waals surface area (Å²) in [6.45, 7) is 3.91. The molecule has 29 heavy (non-hydrogen) atoms. The topological polar surface area (TPSA) is 65.0 Å². The van der Waals surface area contributed by atoms with Gasteiger partial charge in [0.15, 0.2) is 0 Å². The number of carbonyl (C=O) groups is 2. The number of carbonyl (C=O) groups excluding carboxylic acids is 2. The fourth-order valence-corrected chi connectivity index (χ4v) is 4.52. The van der Waals surface area contributed by atoms with Crippen LogP contribution in [0, 0.1) is 5.92 Å². The van der Waals surface area contributed by atoms with Gasteiger partial charge in [-0.15, -0.1) is 0 Å². The quantitative estimate of drug-likeness (QED) is 0.715. The summed E-state index contributed by atoms with van der Waals surface area (Å²) in [6, 6.07) is 12.0. The number of ketones is 1. The molecule has 0 amide bonds. The van der Waals surface area contributed by atoms with Crippen molar-refractivity contribution in [1.82, 2.24) is 0 Å². The average Bonchev–Trinajstić information content (AvgIpc) is 2.72. The fraction of sp³-hybridized carbons (Fsp3) is 0.375. The van der Waals surface area contributed by atoms with E-state index >= 15 is 0 Å². The van der Waals surface area contributed by atoms with Crippen molar-refractivity contribution in [2.75, 3.05) is 13.7 Å². The Labute approximate surface area is 170 Å². The van der Waals surface area contributed by atoms with Crippen molar-refractivity contribution in [3.05, 3.63) is 53.2 Å². The summed E-state index contributed by atoms with van der Waals surface area (Å²) in [7, 11) is 1.65. The highest BCUT2D eigenvalue weighted by atomic mass is 16.5. The third kappa shape index (κ3) is 3.46. The normalized spacial score (nSPS) is 21.6. The van der Waals surface area contributed by atoms with Crippen LogP contribution in [0.2, 0.25) is 0 Å². The molecule has 1 aliphatic carbocycles. The molecule has 0 aromatic heterocycles. The van der Waals surface area contributed by atoms with Crippen LogP contribution in [-0.2, 0) is 14.3 Å². The molecule has 2 aromatic rings. The summed E-state index contributed by atoms with van der Waals surface area (Å²) in [4.78, 5) is 30.4. The number of ether oxygens (including phenoxy) is 2. The number of Topliss-reactive ketones (excluding diaryl/α,β-unsaturated/α-hetero) is 1. The first-order valence-electron chi connectivity index (χ1n) is 10.1. The number of methoxy groups -OCH3 is 1. The minimum atomic E-state index is -0.387. The Kier molecular flexibility index (Phi) is 5.22. The van der Waals surface area contributed by atoms with E-state index < -0.39 is 0 Å². The van der Waals surface area contributed by atoms with Crippen molar-refractivity contribution in [3.63, 3.8) is 0 Å². The van der Waals surface area contributed by atoms with Gasteiger partial charge >= 0.3 is 5.97 Å². The van der Waals surface area contributed by atoms with Gasteiger partial charge in [0.25, 0.3) is 0 Å². The molecule has 0 saturated heterocycles. The van der Waals surface area contributed by atoms with E-state index in [0.29, 0.717) is 17.7 Å². The Hall–Kier alpha value is -2.95. The standard InChI is InChI=1S/C24H25NO4/c1-4-29-24(27)21-14(2)25-19-6-5-7-20(26)23(19)22(21)17-9-8-16-13-18(28-3)11-10-15(16)12-17/h8-13,22-23H,4-7H2,1-3H3. The van der Waals surface area contributed by atoms with E-state index in [0.717, 1.165) is 40.6 Å². The molecule has 5 nitrogen and oxygen atoms in total. The van der Waals surface area contributed by atoms with E-state index in [2.05, 4.69) is 11.1 Å². The Balaban J connectivity index is 1.87. The molecular weight excluding hydrogens is 366 g/mol. The molecule has 1 saturated carbocycles. The molecule has 4 rings (SSSR count). The molecule has 0 spiro atoms. The number of aliphatic imine (C=N–C) groups is 1. The van der Waals surface area contributed by atoms with Gasteiger partial charge in [-0.1, -0.05) is 24.3 Å². The summed E-state index contributed by atoms with van der Waals surface area (Å²) in [5.41, 5.74) is 3.00. The van der Waals surface area contributed by atoms with Crippen LogP contribution in [0.3, 0.4) is 0 Å². The Morgan fingerprint density at radius 1 is 1.10 bits per heavy atom. The van der Waals surface area contributed by atoms with Gasteiger partial charge in [0.05, 0.1) is 25.2 Å². The van der Waals surface area contributed by atoms with E-state index in [-0.39, 0.29) is 30.2 Å². The maximum Gasteiger partial charge on any atom is 0.336 e. The van der Waals surface area contributed by atoms with Gasteiger partial charge in [-0.2, -0.15) is 0 Å². The second-order valence-corrected chi connectivity index (χ2v) is 7.57. The van der Waals surface area contributed by atoms with Crippen molar-refractivity contribution in [2.45, 2.75) is 39.0 Å². The first kappa shape index (κ1) is 19.4. The number of rotatable bonds is 4. The first-order chi connectivity index (χ1) is 14.0. The largest absolute Gasteiger partial charge is 0.497 e. The number of benzene rings is 2. The van der Waals surface area contributed by atoms with Crippen molar-refractivity contribution < 1.29 is 19.1 Å². The number of hydrogen-bond donors (Lipinski definition) is 0. The molecule has 0 N–H and O–H groups in total. The first-order valence-corrected chi connectivity index (χ1v) is 10.1.